The molecule has 0 saturated heterocycles. The normalized spacial score (nSPS) is 12.6. The maximum atomic E-state index is 13.3. The van der Waals surface area contributed by atoms with Gasteiger partial charge in [-0.05, 0) is 24.6 Å². The Morgan fingerprint density at radius 1 is 1.57 bits per heavy atom. The molecule has 0 saturated carbocycles. The minimum Gasteiger partial charge on any atom is -0.493 e. The molecule has 0 bridgehead atoms. The summed E-state index contributed by atoms with van der Waals surface area (Å²) in [6.07, 6.45) is 0. The van der Waals surface area contributed by atoms with Crippen molar-refractivity contribution >= 4 is 11.6 Å². The average Bonchev–Trinajstić information content (AvgIpc) is 2.19. The molecule has 2 N–H and O–H groups in total. The van der Waals surface area contributed by atoms with Gasteiger partial charge in [0.1, 0.15) is 0 Å². The van der Waals surface area contributed by atoms with Gasteiger partial charge in [0.15, 0.2) is 11.6 Å². The molecule has 0 fully saturated rings. The number of benzene rings is 1. The van der Waals surface area contributed by atoms with E-state index in [2.05, 4.69) is 0 Å². The zero-order valence-corrected chi connectivity index (χ0v) is 8.94. The highest BCUT2D eigenvalue weighted by Crippen LogP contribution is 2.34. The number of rotatable bonds is 3. The van der Waals surface area contributed by atoms with E-state index in [0.29, 0.717) is 17.1 Å². The summed E-state index contributed by atoms with van der Waals surface area (Å²) in [6, 6.07) is 2.80. The van der Waals surface area contributed by atoms with Crippen molar-refractivity contribution in [3.63, 3.8) is 0 Å². The van der Waals surface area contributed by atoms with E-state index in [1.54, 1.807) is 0 Å². The van der Waals surface area contributed by atoms with Gasteiger partial charge >= 0.3 is 0 Å². The lowest BCUT2D eigenvalue weighted by Crippen LogP contribution is -2.11. The van der Waals surface area contributed by atoms with E-state index in [-0.39, 0.29) is 11.7 Å². The predicted octanol–water partition coefficient (Wildman–Crippen LogP) is 2.55. The van der Waals surface area contributed by atoms with E-state index in [1.807, 2.05) is 6.92 Å². The van der Waals surface area contributed by atoms with Crippen LogP contribution in [0.3, 0.4) is 0 Å². The maximum Gasteiger partial charge on any atom is 0.165 e. The van der Waals surface area contributed by atoms with E-state index >= 15 is 0 Å². The molecule has 0 aromatic heterocycles. The van der Waals surface area contributed by atoms with Crippen LogP contribution in [0.2, 0.25) is 5.02 Å². The molecule has 0 aliphatic rings. The van der Waals surface area contributed by atoms with Crippen LogP contribution in [0.5, 0.6) is 5.75 Å². The highest BCUT2D eigenvalue weighted by atomic mass is 35.5. The Labute approximate surface area is 87.8 Å². The second-order valence-electron chi connectivity index (χ2n) is 3.11. The fraction of sp³-hybridized carbons (Fsp3) is 0.400. The van der Waals surface area contributed by atoms with Crippen molar-refractivity contribution < 1.29 is 9.13 Å². The van der Waals surface area contributed by atoms with Crippen molar-refractivity contribution in [2.24, 2.45) is 5.73 Å². The van der Waals surface area contributed by atoms with Gasteiger partial charge in [0.05, 0.1) is 7.11 Å². The predicted molar refractivity (Wildman–Crippen MR) is 55.4 cm³/mol. The number of nitrogens with two attached hydrogens (primary N) is 1. The number of hydrogen-bond donors (Lipinski definition) is 1. The lowest BCUT2D eigenvalue weighted by atomic mass is 10.00. The first kappa shape index (κ1) is 11.3. The van der Waals surface area contributed by atoms with Crippen molar-refractivity contribution in [2.75, 3.05) is 13.7 Å². The van der Waals surface area contributed by atoms with E-state index < -0.39 is 5.82 Å². The van der Waals surface area contributed by atoms with Crippen LogP contribution in [0, 0.1) is 5.82 Å². The third kappa shape index (κ3) is 1.99. The molecule has 78 valence electrons. The van der Waals surface area contributed by atoms with Crippen molar-refractivity contribution in [3.05, 3.63) is 28.5 Å². The molecule has 0 spiro atoms. The molecule has 2 nitrogen and oxygen atoms in total. The topological polar surface area (TPSA) is 35.2 Å². The Hall–Kier alpha value is -0.800. The van der Waals surface area contributed by atoms with Crippen LogP contribution in [0.25, 0.3) is 0 Å². The molecule has 0 amide bonds. The lowest BCUT2D eigenvalue weighted by molar-refractivity contribution is 0.379. The summed E-state index contributed by atoms with van der Waals surface area (Å²) in [5.74, 6) is -0.240. The summed E-state index contributed by atoms with van der Waals surface area (Å²) >= 11 is 5.95. The summed E-state index contributed by atoms with van der Waals surface area (Å²) in [5, 5.41) is 0.487. The summed E-state index contributed by atoms with van der Waals surface area (Å²) in [4.78, 5) is 0. The van der Waals surface area contributed by atoms with Gasteiger partial charge in [-0.15, -0.1) is 0 Å². The van der Waals surface area contributed by atoms with Crippen LogP contribution >= 0.6 is 11.6 Å². The van der Waals surface area contributed by atoms with E-state index in [4.69, 9.17) is 22.1 Å². The van der Waals surface area contributed by atoms with Crippen LogP contribution < -0.4 is 10.5 Å². The number of methoxy groups -OCH3 is 1. The van der Waals surface area contributed by atoms with Gasteiger partial charge in [-0.1, -0.05) is 18.5 Å². The van der Waals surface area contributed by atoms with Crippen LogP contribution in [0.15, 0.2) is 12.1 Å². The molecule has 1 atom stereocenters. The Balaban J connectivity index is 3.29. The first-order chi connectivity index (χ1) is 6.61. The Morgan fingerprint density at radius 3 is 2.71 bits per heavy atom. The zero-order valence-electron chi connectivity index (χ0n) is 8.18. The number of ether oxygens (including phenoxy) is 1. The van der Waals surface area contributed by atoms with Gasteiger partial charge in [-0.25, -0.2) is 4.39 Å². The van der Waals surface area contributed by atoms with Crippen LogP contribution in [0.1, 0.15) is 18.4 Å². The van der Waals surface area contributed by atoms with E-state index in [0.717, 1.165) is 0 Å². The monoisotopic (exact) mass is 217 g/mol. The molecule has 14 heavy (non-hydrogen) atoms. The fourth-order valence-corrected chi connectivity index (χ4v) is 1.67. The van der Waals surface area contributed by atoms with Crippen LogP contribution in [-0.2, 0) is 0 Å². The molecular weight excluding hydrogens is 205 g/mol. The standard InChI is InChI=1S/C10H13ClFNO/c1-6(5-13)9-7(11)3-4-8(12)10(9)14-2/h3-4,6H,5,13H2,1-2H3. The minimum absolute atomic E-state index is 0.0202. The quantitative estimate of drug-likeness (QED) is 0.845. The first-order valence-corrected chi connectivity index (χ1v) is 4.71. The van der Waals surface area contributed by atoms with E-state index in [9.17, 15) is 4.39 Å². The third-order valence-electron chi connectivity index (χ3n) is 2.15. The molecule has 4 heteroatoms. The molecule has 0 aliphatic carbocycles. The average molecular weight is 218 g/mol. The largest absolute Gasteiger partial charge is 0.493 e. The van der Waals surface area contributed by atoms with Gasteiger partial charge in [0.25, 0.3) is 0 Å². The molecule has 0 aliphatic heterocycles. The zero-order chi connectivity index (χ0) is 10.7. The van der Waals surface area contributed by atoms with Gasteiger partial charge in [-0.3, -0.25) is 0 Å². The van der Waals surface area contributed by atoms with E-state index in [1.165, 1.54) is 19.2 Å². The second-order valence-corrected chi connectivity index (χ2v) is 3.52. The first-order valence-electron chi connectivity index (χ1n) is 4.33. The van der Waals surface area contributed by atoms with Gasteiger partial charge in [-0.2, -0.15) is 0 Å². The maximum absolute atomic E-state index is 13.3. The molecule has 1 unspecified atom stereocenters. The molecule has 1 rings (SSSR count). The fourth-order valence-electron chi connectivity index (χ4n) is 1.33. The summed E-state index contributed by atoms with van der Waals surface area (Å²) < 4.78 is 18.3. The van der Waals surface area contributed by atoms with Gasteiger partial charge in [0, 0.05) is 10.6 Å². The summed E-state index contributed by atoms with van der Waals surface area (Å²) in [7, 11) is 1.42. The number of hydrogen-bond acceptors (Lipinski definition) is 2. The van der Waals surface area contributed by atoms with Crippen molar-refractivity contribution in [1.82, 2.24) is 0 Å². The Kier molecular flexibility index (Phi) is 3.72. The van der Waals surface area contributed by atoms with Crippen LogP contribution in [-0.4, -0.2) is 13.7 Å². The lowest BCUT2D eigenvalue weighted by Gasteiger charge is -2.15. The molecule has 0 heterocycles. The highest BCUT2D eigenvalue weighted by Gasteiger charge is 2.17. The van der Waals surface area contributed by atoms with Crippen LogP contribution in [0.4, 0.5) is 4.39 Å². The highest BCUT2D eigenvalue weighted by molar-refractivity contribution is 6.31. The SMILES string of the molecule is COc1c(F)ccc(Cl)c1C(C)CN. The summed E-state index contributed by atoms with van der Waals surface area (Å²) in [5.41, 5.74) is 6.15. The Bertz CT molecular complexity index is 330. The molecular formula is C10H13ClFNO. The summed E-state index contributed by atoms with van der Waals surface area (Å²) in [6.45, 7) is 2.28. The van der Waals surface area contributed by atoms with Crippen molar-refractivity contribution in [2.45, 2.75) is 12.8 Å². The minimum atomic E-state index is -0.410. The molecule has 1 aromatic carbocycles. The second kappa shape index (κ2) is 4.62. The van der Waals surface area contributed by atoms with Crippen molar-refractivity contribution in [3.8, 4) is 5.75 Å². The smallest absolute Gasteiger partial charge is 0.165 e. The molecule has 1 aromatic rings. The third-order valence-corrected chi connectivity index (χ3v) is 2.47. The van der Waals surface area contributed by atoms with Gasteiger partial charge < -0.3 is 10.5 Å². The molecule has 0 radical (unpaired) electrons. The number of halogens is 2. The Morgan fingerprint density at radius 2 is 2.21 bits per heavy atom. The van der Waals surface area contributed by atoms with Gasteiger partial charge in [0.2, 0.25) is 0 Å². The van der Waals surface area contributed by atoms with Crippen molar-refractivity contribution in [1.29, 1.82) is 0 Å².